The van der Waals surface area contributed by atoms with Crippen LogP contribution in [0.25, 0.3) is 0 Å². The zero-order valence-corrected chi connectivity index (χ0v) is 12.3. The Morgan fingerprint density at radius 3 is 2.77 bits per heavy atom. The van der Waals surface area contributed by atoms with Crippen LogP contribution in [0.2, 0.25) is 0 Å². The molecular weight excluding hydrogens is 278 g/mol. The molecule has 0 unspecified atom stereocenters. The maximum atomic E-state index is 12.5. The minimum absolute atomic E-state index is 0.191. The molecule has 1 aliphatic carbocycles. The summed E-state index contributed by atoms with van der Waals surface area (Å²) in [7, 11) is 0. The van der Waals surface area contributed by atoms with Crippen molar-refractivity contribution in [3.8, 4) is 0 Å². The number of aryl methyl sites for hydroxylation is 1. The molecule has 2 N–H and O–H groups in total. The van der Waals surface area contributed by atoms with Crippen molar-refractivity contribution in [3.05, 3.63) is 53.2 Å². The van der Waals surface area contributed by atoms with Gasteiger partial charge in [-0.3, -0.25) is 9.59 Å². The Bertz CT molecular complexity index is 740. The number of aromatic nitrogens is 1. The van der Waals surface area contributed by atoms with Crippen molar-refractivity contribution in [1.82, 2.24) is 4.98 Å². The number of carbonyl (C=O) groups is 2. The van der Waals surface area contributed by atoms with Crippen molar-refractivity contribution < 1.29 is 9.59 Å². The van der Waals surface area contributed by atoms with Gasteiger partial charge in [0.15, 0.2) is 5.82 Å². The van der Waals surface area contributed by atoms with Crippen LogP contribution in [-0.4, -0.2) is 16.8 Å². The number of hydrogen-bond donors (Lipinski definition) is 2. The van der Waals surface area contributed by atoms with Gasteiger partial charge >= 0.3 is 0 Å². The molecule has 0 fully saturated rings. The highest BCUT2D eigenvalue weighted by Gasteiger charge is 2.19. The highest BCUT2D eigenvalue weighted by atomic mass is 16.2. The first kappa shape index (κ1) is 14.3. The summed E-state index contributed by atoms with van der Waals surface area (Å²) in [5.41, 5.74) is 3.55. The van der Waals surface area contributed by atoms with E-state index in [1.807, 2.05) is 12.1 Å². The van der Waals surface area contributed by atoms with E-state index in [4.69, 9.17) is 0 Å². The van der Waals surface area contributed by atoms with Gasteiger partial charge in [0.05, 0.1) is 5.69 Å². The van der Waals surface area contributed by atoms with Crippen molar-refractivity contribution in [2.45, 2.75) is 26.2 Å². The first-order valence-corrected chi connectivity index (χ1v) is 7.30. The van der Waals surface area contributed by atoms with Gasteiger partial charge in [0, 0.05) is 18.7 Å². The maximum absolute atomic E-state index is 12.5. The summed E-state index contributed by atoms with van der Waals surface area (Å²) in [4.78, 5) is 27.9. The van der Waals surface area contributed by atoms with Crippen LogP contribution < -0.4 is 10.6 Å². The molecule has 1 aliphatic rings. The van der Waals surface area contributed by atoms with Crippen LogP contribution in [0, 0.1) is 0 Å². The fraction of sp³-hybridized carbons (Fsp3) is 0.235. The Hall–Kier alpha value is -2.69. The Morgan fingerprint density at radius 2 is 1.95 bits per heavy atom. The van der Waals surface area contributed by atoms with Gasteiger partial charge in [-0.15, -0.1) is 0 Å². The van der Waals surface area contributed by atoms with Crippen molar-refractivity contribution in [1.29, 1.82) is 0 Å². The van der Waals surface area contributed by atoms with Crippen LogP contribution in [0.3, 0.4) is 0 Å². The summed E-state index contributed by atoms with van der Waals surface area (Å²) >= 11 is 0. The predicted octanol–water partition coefficient (Wildman–Crippen LogP) is 2.78. The van der Waals surface area contributed by atoms with E-state index in [0.29, 0.717) is 17.1 Å². The predicted molar refractivity (Wildman–Crippen MR) is 85.0 cm³/mol. The van der Waals surface area contributed by atoms with Crippen LogP contribution in [0.1, 0.15) is 34.8 Å². The number of benzene rings is 1. The van der Waals surface area contributed by atoms with Crippen molar-refractivity contribution >= 4 is 23.3 Å². The van der Waals surface area contributed by atoms with E-state index in [9.17, 15) is 9.59 Å². The molecule has 0 saturated heterocycles. The van der Waals surface area contributed by atoms with E-state index in [-0.39, 0.29) is 11.8 Å². The molecule has 0 bridgehead atoms. The topological polar surface area (TPSA) is 71.1 Å². The number of rotatable bonds is 3. The standard InChI is InChI=1S/C17H17N3O2/c1-11(21)19-15-9-4-10-18-16(15)20-17(22)14-8-3-6-12-5-2-7-13(12)14/h3-4,6,8-10H,2,5,7H2,1H3,(H,19,21)(H,18,20,22). The first-order chi connectivity index (χ1) is 10.6. The summed E-state index contributed by atoms with van der Waals surface area (Å²) < 4.78 is 0. The van der Waals surface area contributed by atoms with Gasteiger partial charge < -0.3 is 10.6 Å². The van der Waals surface area contributed by atoms with E-state index in [2.05, 4.69) is 21.7 Å². The Morgan fingerprint density at radius 1 is 1.09 bits per heavy atom. The molecule has 0 atom stereocenters. The molecule has 0 radical (unpaired) electrons. The van der Waals surface area contributed by atoms with Gasteiger partial charge in [-0.1, -0.05) is 12.1 Å². The van der Waals surface area contributed by atoms with Crippen molar-refractivity contribution in [2.24, 2.45) is 0 Å². The molecule has 1 aromatic heterocycles. The zero-order valence-electron chi connectivity index (χ0n) is 12.3. The minimum atomic E-state index is -0.205. The largest absolute Gasteiger partial charge is 0.323 e. The van der Waals surface area contributed by atoms with Gasteiger partial charge in [0.1, 0.15) is 0 Å². The Labute approximate surface area is 128 Å². The third-order valence-corrected chi connectivity index (χ3v) is 3.74. The first-order valence-electron chi connectivity index (χ1n) is 7.30. The van der Waals surface area contributed by atoms with E-state index in [0.717, 1.165) is 24.8 Å². The van der Waals surface area contributed by atoms with Crippen LogP contribution in [-0.2, 0) is 17.6 Å². The lowest BCUT2D eigenvalue weighted by Crippen LogP contribution is -2.17. The average Bonchev–Trinajstić information content (AvgIpc) is 2.97. The number of pyridine rings is 1. The van der Waals surface area contributed by atoms with E-state index in [1.165, 1.54) is 12.5 Å². The second kappa shape index (κ2) is 5.97. The average molecular weight is 295 g/mol. The number of nitrogens with one attached hydrogen (secondary N) is 2. The number of carbonyl (C=O) groups excluding carboxylic acids is 2. The fourth-order valence-corrected chi connectivity index (χ4v) is 2.80. The molecule has 1 aromatic carbocycles. The van der Waals surface area contributed by atoms with Gasteiger partial charge in [-0.05, 0) is 48.6 Å². The second-order valence-electron chi connectivity index (χ2n) is 5.33. The lowest BCUT2D eigenvalue weighted by molar-refractivity contribution is -0.114. The van der Waals surface area contributed by atoms with Gasteiger partial charge in [0.25, 0.3) is 5.91 Å². The molecule has 0 spiro atoms. The third kappa shape index (κ3) is 2.83. The lowest BCUT2D eigenvalue weighted by atomic mass is 10.0. The maximum Gasteiger partial charge on any atom is 0.257 e. The van der Waals surface area contributed by atoms with E-state index >= 15 is 0 Å². The highest BCUT2D eigenvalue weighted by Crippen LogP contribution is 2.26. The molecule has 2 aromatic rings. The molecule has 2 amide bonds. The Balaban J connectivity index is 1.87. The van der Waals surface area contributed by atoms with E-state index in [1.54, 1.807) is 18.3 Å². The summed E-state index contributed by atoms with van der Waals surface area (Å²) in [6, 6.07) is 9.23. The number of nitrogens with zero attached hydrogens (tertiary/aromatic N) is 1. The smallest absolute Gasteiger partial charge is 0.257 e. The number of fused-ring (bicyclic) bond motifs is 1. The highest BCUT2D eigenvalue weighted by molar-refractivity contribution is 6.07. The van der Waals surface area contributed by atoms with E-state index < -0.39 is 0 Å². The monoisotopic (exact) mass is 295 g/mol. The summed E-state index contributed by atoms with van der Waals surface area (Å²) in [6.45, 7) is 1.42. The molecule has 22 heavy (non-hydrogen) atoms. The van der Waals surface area contributed by atoms with Crippen LogP contribution in [0.4, 0.5) is 11.5 Å². The molecular formula is C17H17N3O2. The van der Waals surface area contributed by atoms with Crippen molar-refractivity contribution in [2.75, 3.05) is 10.6 Å². The molecule has 0 saturated carbocycles. The van der Waals surface area contributed by atoms with Crippen LogP contribution in [0.5, 0.6) is 0 Å². The summed E-state index contributed by atoms with van der Waals surface area (Å²) in [6.07, 6.45) is 4.62. The van der Waals surface area contributed by atoms with Crippen LogP contribution in [0.15, 0.2) is 36.5 Å². The fourth-order valence-electron chi connectivity index (χ4n) is 2.80. The normalized spacial score (nSPS) is 12.6. The zero-order chi connectivity index (χ0) is 15.5. The third-order valence-electron chi connectivity index (χ3n) is 3.74. The second-order valence-corrected chi connectivity index (χ2v) is 5.33. The SMILES string of the molecule is CC(=O)Nc1cccnc1NC(=O)c1cccc2c1CCC2. The van der Waals surface area contributed by atoms with Gasteiger partial charge in [-0.25, -0.2) is 4.98 Å². The lowest BCUT2D eigenvalue weighted by Gasteiger charge is -2.12. The summed E-state index contributed by atoms with van der Waals surface area (Å²) in [5, 5.41) is 5.46. The molecule has 5 nitrogen and oxygen atoms in total. The number of hydrogen-bond acceptors (Lipinski definition) is 3. The van der Waals surface area contributed by atoms with Crippen molar-refractivity contribution in [3.63, 3.8) is 0 Å². The Kier molecular flexibility index (Phi) is 3.87. The quantitative estimate of drug-likeness (QED) is 0.914. The number of anilines is 2. The number of amides is 2. The van der Waals surface area contributed by atoms with Gasteiger partial charge in [0.2, 0.25) is 5.91 Å². The molecule has 112 valence electrons. The molecule has 0 aliphatic heterocycles. The molecule has 3 rings (SSSR count). The minimum Gasteiger partial charge on any atom is -0.323 e. The van der Waals surface area contributed by atoms with Crippen LogP contribution >= 0.6 is 0 Å². The summed E-state index contributed by atoms with van der Waals surface area (Å²) in [5.74, 6) is -0.0357. The molecule has 1 heterocycles. The molecule has 5 heteroatoms. The van der Waals surface area contributed by atoms with Gasteiger partial charge in [-0.2, -0.15) is 0 Å².